The van der Waals surface area contributed by atoms with Gasteiger partial charge in [0, 0.05) is 36.9 Å². The van der Waals surface area contributed by atoms with Gasteiger partial charge in [-0.05, 0) is 44.7 Å². The molecule has 0 bridgehead atoms. The molecule has 2 fully saturated rings. The Kier molecular flexibility index (Phi) is 8.38. The molecule has 1 saturated heterocycles. The maximum Gasteiger partial charge on any atom is 0.246 e. The van der Waals surface area contributed by atoms with Gasteiger partial charge in [0.05, 0.1) is 24.1 Å². The summed E-state index contributed by atoms with van der Waals surface area (Å²) in [5.41, 5.74) is 2.50. The summed E-state index contributed by atoms with van der Waals surface area (Å²) in [6.45, 7) is 3.63. The van der Waals surface area contributed by atoms with E-state index in [1.54, 1.807) is 4.90 Å². The number of hydrogen-bond acceptors (Lipinski definition) is 5. The van der Waals surface area contributed by atoms with Crippen LogP contribution in [-0.2, 0) is 14.3 Å². The first-order chi connectivity index (χ1) is 18.6. The summed E-state index contributed by atoms with van der Waals surface area (Å²) >= 11 is 0. The summed E-state index contributed by atoms with van der Waals surface area (Å²) in [5, 5.41) is 2.99. The van der Waals surface area contributed by atoms with Gasteiger partial charge in [-0.15, -0.1) is 0 Å². The third kappa shape index (κ3) is 6.25. The van der Waals surface area contributed by atoms with Crippen LogP contribution in [-0.4, -0.2) is 58.7 Å². The summed E-state index contributed by atoms with van der Waals surface area (Å²) in [4.78, 5) is 33.2. The molecule has 0 unspecified atom stereocenters. The zero-order valence-corrected chi connectivity index (χ0v) is 22.0. The van der Waals surface area contributed by atoms with Gasteiger partial charge in [-0.25, -0.2) is 4.98 Å². The highest BCUT2D eigenvalue weighted by atomic mass is 16.5. The zero-order chi connectivity index (χ0) is 26.3. The molecule has 8 nitrogen and oxygen atoms in total. The van der Waals surface area contributed by atoms with E-state index in [1.807, 2.05) is 72.3 Å². The van der Waals surface area contributed by atoms with E-state index in [-0.39, 0.29) is 30.4 Å². The van der Waals surface area contributed by atoms with Crippen LogP contribution in [0.25, 0.3) is 16.9 Å². The van der Waals surface area contributed by atoms with Gasteiger partial charge in [-0.2, -0.15) is 0 Å². The summed E-state index contributed by atoms with van der Waals surface area (Å²) in [5.74, 6) is 0.917. The van der Waals surface area contributed by atoms with Crippen LogP contribution in [0.4, 0.5) is 5.95 Å². The van der Waals surface area contributed by atoms with Crippen LogP contribution in [0.15, 0.2) is 60.8 Å². The smallest absolute Gasteiger partial charge is 0.246 e. The van der Waals surface area contributed by atoms with Crippen molar-refractivity contribution in [2.45, 2.75) is 51.6 Å². The SMILES string of the molecule is CCOc1cccc(-n2cc(-c3ccccc3)nc2NC(=O)CN(C[C@@H]2CCCO2)C(=O)C2CCCC2)c1. The van der Waals surface area contributed by atoms with Gasteiger partial charge >= 0.3 is 0 Å². The Morgan fingerprint density at radius 1 is 1.08 bits per heavy atom. The predicted molar refractivity (Wildman–Crippen MR) is 146 cm³/mol. The second kappa shape index (κ2) is 12.3. The third-order valence-corrected chi connectivity index (χ3v) is 7.23. The van der Waals surface area contributed by atoms with E-state index in [1.165, 1.54) is 0 Å². The van der Waals surface area contributed by atoms with E-state index in [2.05, 4.69) is 5.32 Å². The summed E-state index contributed by atoms with van der Waals surface area (Å²) < 4.78 is 13.3. The average Bonchev–Trinajstić information content (AvgIpc) is 3.72. The van der Waals surface area contributed by atoms with E-state index in [4.69, 9.17) is 14.5 Å². The Labute approximate surface area is 224 Å². The van der Waals surface area contributed by atoms with E-state index in [0.717, 1.165) is 61.2 Å². The number of ether oxygens (including phenoxy) is 2. The Morgan fingerprint density at radius 2 is 1.89 bits per heavy atom. The fourth-order valence-corrected chi connectivity index (χ4v) is 5.34. The minimum absolute atomic E-state index is 0.00261. The second-order valence-electron chi connectivity index (χ2n) is 10.00. The molecule has 200 valence electrons. The normalized spacial score (nSPS) is 17.4. The van der Waals surface area contributed by atoms with Crippen molar-refractivity contribution < 1.29 is 19.1 Å². The number of nitrogens with one attached hydrogen (secondary N) is 1. The van der Waals surface area contributed by atoms with Crippen molar-refractivity contribution in [1.82, 2.24) is 14.5 Å². The molecule has 2 aromatic carbocycles. The van der Waals surface area contributed by atoms with Crippen LogP contribution in [0.2, 0.25) is 0 Å². The van der Waals surface area contributed by atoms with Crippen molar-refractivity contribution in [2.75, 3.05) is 31.6 Å². The lowest BCUT2D eigenvalue weighted by atomic mass is 10.1. The molecule has 1 aromatic heterocycles. The van der Waals surface area contributed by atoms with Gasteiger partial charge < -0.3 is 14.4 Å². The molecule has 38 heavy (non-hydrogen) atoms. The lowest BCUT2D eigenvalue weighted by Gasteiger charge is -2.27. The molecular formula is C30H36N4O4. The van der Waals surface area contributed by atoms with Crippen molar-refractivity contribution in [3.05, 3.63) is 60.8 Å². The van der Waals surface area contributed by atoms with Gasteiger partial charge in [-0.3, -0.25) is 19.5 Å². The molecule has 1 aliphatic carbocycles. The standard InChI is InChI=1S/C30H36N4O4/c1-2-37-25-15-8-14-24(18-25)34-20-27(22-10-4-3-5-11-22)31-30(34)32-28(35)21-33(19-26-16-9-17-38-26)29(36)23-12-6-7-13-23/h3-5,8,10-11,14-15,18,20,23,26H,2,6-7,9,12-13,16-17,19,21H2,1H3,(H,31,32,35)/t26-/m0/s1. The number of imidazole rings is 1. The van der Waals surface area contributed by atoms with E-state index in [0.29, 0.717) is 25.7 Å². The quantitative estimate of drug-likeness (QED) is 0.406. The van der Waals surface area contributed by atoms with Gasteiger partial charge in [-0.1, -0.05) is 49.2 Å². The lowest BCUT2D eigenvalue weighted by Crippen LogP contribution is -2.44. The van der Waals surface area contributed by atoms with Crippen molar-refractivity contribution in [2.24, 2.45) is 5.92 Å². The highest BCUT2D eigenvalue weighted by Crippen LogP contribution is 2.28. The molecule has 2 heterocycles. The van der Waals surface area contributed by atoms with Crippen LogP contribution in [0.5, 0.6) is 5.75 Å². The summed E-state index contributed by atoms with van der Waals surface area (Å²) in [6.07, 6.45) is 7.71. The summed E-state index contributed by atoms with van der Waals surface area (Å²) in [7, 11) is 0. The predicted octanol–water partition coefficient (Wildman–Crippen LogP) is 5.07. The number of hydrogen-bond donors (Lipinski definition) is 1. The van der Waals surface area contributed by atoms with Crippen LogP contribution in [0, 0.1) is 5.92 Å². The van der Waals surface area contributed by atoms with Crippen molar-refractivity contribution in [1.29, 1.82) is 0 Å². The first-order valence-electron chi connectivity index (χ1n) is 13.7. The van der Waals surface area contributed by atoms with Crippen LogP contribution in [0.3, 0.4) is 0 Å². The van der Waals surface area contributed by atoms with Crippen LogP contribution >= 0.6 is 0 Å². The maximum absolute atomic E-state index is 13.4. The Hall–Kier alpha value is -3.65. The number of amides is 2. The average molecular weight is 517 g/mol. The molecule has 0 radical (unpaired) electrons. The van der Waals surface area contributed by atoms with Crippen LogP contribution in [0.1, 0.15) is 45.4 Å². The fraction of sp³-hybridized carbons (Fsp3) is 0.433. The number of rotatable bonds is 10. The first kappa shape index (κ1) is 26.0. The highest BCUT2D eigenvalue weighted by molar-refractivity contribution is 5.94. The van der Waals surface area contributed by atoms with Crippen molar-refractivity contribution >= 4 is 17.8 Å². The molecule has 1 aliphatic heterocycles. The first-order valence-corrected chi connectivity index (χ1v) is 13.7. The fourth-order valence-electron chi connectivity index (χ4n) is 5.34. The molecule has 2 amide bonds. The minimum atomic E-state index is -0.276. The Balaban J connectivity index is 1.39. The number of aromatic nitrogens is 2. The number of carbonyl (C=O) groups excluding carboxylic acids is 2. The van der Waals surface area contributed by atoms with Crippen LogP contribution < -0.4 is 10.1 Å². The number of anilines is 1. The zero-order valence-electron chi connectivity index (χ0n) is 22.0. The Bertz CT molecular complexity index is 1230. The monoisotopic (exact) mass is 516 g/mol. The van der Waals surface area contributed by atoms with E-state index < -0.39 is 0 Å². The maximum atomic E-state index is 13.4. The lowest BCUT2D eigenvalue weighted by molar-refractivity contribution is -0.139. The van der Waals surface area contributed by atoms with Crippen molar-refractivity contribution in [3.63, 3.8) is 0 Å². The third-order valence-electron chi connectivity index (χ3n) is 7.23. The van der Waals surface area contributed by atoms with Gasteiger partial charge in [0.25, 0.3) is 0 Å². The topological polar surface area (TPSA) is 85.7 Å². The minimum Gasteiger partial charge on any atom is -0.494 e. The number of nitrogens with zero attached hydrogens (tertiary/aromatic N) is 3. The number of carbonyl (C=O) groups is 2. The molecule has 3 aromatic rings. The van der Waals surface area contributed by atoms with Gasteiger partial charge in [0.15, 0.2) is 0 Å². The Morgan fingerprint density at radius 3 is 2.63 bits per heavy atom. The molecule has 0 spiro atoms. The van der Waals surface area contributed by atoms with Gasteiger partial charge in [0.1, 0.15) is 12.3 Å². The van der Waals surface area contributed by atoms with E-state index in [9.17, 15) is 9.59 Å². The second-order valence-corrected chi connectivity index (χ2v) is 10.00. The number of benzene rings is 2. The molecule has 2 aliphatic rings. The molecular weight excluding hydrogens is 480 g/mol. The molecule has 8 heteroatoms. The van der Waals surface area contributed by atoms with Gasteiger partial charge in [0.2, 0.25) is 17.8 Å². The summed E-state index contributed by atoms with van der Waals surface area (Å²) in [6, 6.07) is 17.5. The highest BCUT2D eigenvalue weighted by Gasteiger charge is 2.31. The molecule has 1 N–H and O–H groups in total. The van der Waals surface area contributed by atoms with Crippen molar-refractivity contribution in [3.8, 4) is 22.7 Å². The molecule has 5 rings (SSSR count). The van der Waals surface area contributed by atoms with E-state index >= 15 is 0 Å². The molecule has 1 atom stereocenters. The molecule has 1 saturated carbocycles. The largest absolute Gasteiger partial charge is 0.494 e.